The van der Waals surface area contributed by atoms with E-state index >= 15 is 0 Å². The molecule has 1 aliphatic carbocycles. The Morgan fingerprint density at radius 3 is 2.85 bits per heavy atom. The Morgan fingerprint density at radius 1 is 1.20 bits per heavy atom. The fraction of sp³-hybridized carbons (Fsp3) is 0.625. The van der Waals surface area contributed by atoms with E-state index in [1.165, 1.54) is 38.5 Å². The fourth-order valence-corrected chi connectivity index (χ4v) is 3.31. The van der Waals surface area contributed by atoms with Crippen molar-refractivity contribution >= 4 is 5.65 Å². The number of nitrogens with one attached hydrogen (secondary N) is 1. The van der Waals surface area contributed by atoms with E-state index in [1.54, 1.807) is 0 Å². The molecule has 1 N–H and O–H groups in total. The van der Waals surface area contributed by atoms with Crippen LogP contribution in [0.3, 0.4) is 0 Å². The number of rotatable bonds is 5. The van der Waals surface area contributed by atoms with Crippen molar-refractivity contribution in [3.05, 3.63) is 30.2 Å². The molecule has 2 heterocycles. The number of fused-ring (bicyclic) bond motifs is 1. The second-order valence-electron chi connectivity index (χ2n) is 5.93. The molecule has 0 spiro atoms. The topological polar surface area (TPSA) is 42.2 Å². The first-order valence-electron chi connectivity index (χ1n) is 7.89. The van der Waals surface area contributed by atoms with Crippen LogP contribution in [-0.4, -0.2) is 20.6 Å². The van der Waals surface area contributed by atoms with E-state index in [4.69, 9.17) is 0 Å². The van der Waals surface area contributed by atoms with Gasteiger partial charge in [-0.05, 0) is 43.7 Å². The Kier molecular flexibility index (Phi) is 4.31. The van der Waals surface area contributed by atoms with Crippen molar-refractivity contribution in [3.8, 4) is 0 Å². The van der Waals surface area contributed by atoms with Crippen molar-refractivity contribution in [1.82, 2.24) is 19.9 Å². The van der Waals surface area contributed by atoms with E-state index < -0.39 is 0 Å². The summed E-state index contributed by atoms with van der Waals surface area (Å²) in [6.07, 6.45) is 10.1. The minimum absolute atomic E-state index is 0.652. The molecule has 20 heavy (non-hydrogen) atoms. The van der Waals surface area contributed by atoms with Crippen LogP contribution in [0.15, 0.2) is 24.4 Å². The van der Waals surface area contributed by atoms with Crippen LogP contribution in [0, 0.1) is 5.92 Å². The molecule has 2 aromatic rings. The molecule has 108 valence electrons. The summed E-state index contributed by atoms with van der Waals surface area (Å²) in [5.41, 5.74) is 0.927. The van der Waals surface area contributed by atoms with Gasteiger partial charge in [-0.15, -0.1) is 10.2 Å². The molecule has 0 unspecified atom stereocenters. The summed E-state index contributed by atoms with van der Waals surface area (Å²) in [4.78, 5) is 0. The van der Waals surface area contributed by atoms with Crippen molar-refractivity contribution in [2.24, 2.45) is 5.92 Å². The van der Waals surface area contributed by atoms with Crippen LogP contribution in [0.5, 0.6) is 0 Å². The largest absolute Gasteiger partial charge is 0.307 e. The summed E-state index contributed by atoms with van der Waals surface area (Å²) in [6, 6.07) is 6.66. The van der Waals surface area contributed by atoms with Gasteiger partial charge in [-0.1, -0.05) is 25.8 Å². The number of nitrogens with zero attached hydrogens (tertiary/aromatic N) is 3. The molecule has 0 radical (unpaired) electrons. The molecule has 0 aromatic carbocycles. The van der Waals surface area contributed by atoms with Crippen LogP contribution < -0.4 is 5.32 Å². The Balaban J connectivity index is 1.53. The molecule has 0 aliphatic heterocycles. The van der Waals surface area contributed by atoms with Crippen LogP contribution in [0.1, 0.15) is 51.3 Å². The standard InChI is InChI=1S/C16H24N4/c1-2-5-13-7-9-14(10-8-13)17-12-16-19-18-15-6-3-4-11-20(15)16/h3-4,6,11,13-14,17H,2,5,7-10,12H2,1H3. The normalized spacial score (nSPS) is 23.2. The maximum Gasteiger partial charge on any atom is 0.160 e. The van der Waals surface area contributed by atoms with E-state index in [1.807, 2.05) is 24.4 Å². The minimum Gasteiger partial charge on any atom is -0.307 e. The molecule has 1 aliphatic rings. The molecular formula is C16H24N4. The predicted octanol–water partition coefficient (Wildman–Crippen LogP) is 3.18. The van der Waals surface area contributed by atoms with E-state index in [0.29, 0.717) is 6.04 Å². The first-order valence-corrected chi connectivity index (χ1v) is 7.89. The van der Waals surface area contributed by atoms with Gasteiger partial charge in [0.2, 0.25) is 0 Å². The molecule has 1 saturated carbocycles. The van der Waals surface area contributed by atoms with Crippen molar-refractivity contribution in [2.75, 3.05) is 0 Å². The van der Waals surface area contributed by atoms with Crippen molar-refractivity contribution in [1.29, 1.82) is 0 Å². The van der Waals surface area contributed by atoms with Crippen molar-refractivity contribution in [3.63, 3.8) is 0 Å². The quantitative estimate of drug-likeness (QED) is 0.909. The monoisotopic (exact) mass is 272 g/mol. The van der Waals surface area contributed by atoms with Gasteiger partial charge in [0.15, 0.2) is 11.5 Å². The smallest absolute Gasteiger partial charge is 0.160 e. The van der Waals surface area contributed by atoms with Gasteiger partial charge in [-0.3, -0.25) is 4.40 Å². The fourth-order valence-electron chi connectivity index (χ4n) is 3.31. The first kappa shape index (κ1) is 13.6. The summed E-state index contributed by atoms with van der Waals surface area (Å²) in [5, 5.41) is 12.1. The number of aromatic nitrogens is 3. The van der Waals surface area contributed by atoms with Gasteiger partial charge < -0.3 is 5.32 Å². The van der Waals surface area contributed by atoms with Gasteiger partial charge in [0.05, 0.1) is 6.54 Å². The molecule has 0 bridgehead atoms. The summed E-state index contributed by atoms with van der Waals surface area (Å²) >= 11 is 0. The highest BCUT2D eigenvalue weighted by atomic mass is 15.3. The van der Waals surface area contributed by atoms with E-state index in [2.05, 4.69) is 26.8 Å². The average Bonchev–Trinajstić information content (AvgIpc) is 2.90. The average molecular weight is 272 g/mol. The third-order valence-electron chi connectivity index (χ3n) is 4.48. The minimum atomic E-state index is 0.652. The SMILES string of the molecule is CCCC1CCC(NCc2nnc3ccccn23)CC1. The van der Waals surface area contributed by atoms with Crippen molar-refractivity contribution in [2.45, 2.75) is 58.0 Å². The lowest BCUT2D eigenvalue weighted by molar-refractivity contribution is 0.276. The Hall–Kier alpha value is -1.42. The lowest BCUT2D eigenvalue weighted by atomic mass is 9.83. The lowest BCUT2D eigenvalue weighted by Gasteiger charge is -2.28. The molecule has 0 amide bonds. The lowest BCUT2D eigenvalue weighted by Crippen LogP contribution is -2.33. The summed E-state index contributed by atoms with van der Waals surface area (Å²) in [7, 11) is 0. The van der Waals surface area contributed by atoms with Crippen LogP contribution in [-0.2, 0) is 6.54 Å². The maximum atomic E-state index is 4.27. The Morgan fingerprint density at radius 2 is 2.05 bits per heavy atom. The number of hydrogen-bond donors (Lipinski definition) is 1. The van der Waals surface area contributed by atoms with Gasteiger partial charge in [0.1, 0.15) is 0 Å². The van der Waals surface area contributed by atoms with E-state index in [0.717, 1.165) is 23.9 Å². The van der Waals surface area contributed by atoms with Crippen LogP contribution >= 0.6 is 0 Å². The second-order valence-corrected chi connectivity index (χ2v) is 5.93. The molecule has 4 nitrogen and oxygen atoms in total. The highest BCUT2D eigenvalue weighted by Crippen LogP contribution is 2.27. The number of hydrogen-bond acceptors (Lipinski definition) is 3. The highest BCUT2D eigenvalue weighted by molar-refractivity contribution is 5.36. The summed E-state index contributed by atoms with van der Waals surface area (Å²) in [5.74, 6) is 1.98. The third-order valence-corrected chi connectivity index (χ3v) is 4.48. The van der Waals surface area contributed by atoms with Crippen LogP contribution in [0.25, 0.3) is 5.65 Å². The molecular weight excluding hydrogens is 248 g/mol. The van der Waals surface area contributed by atoms with Gasteiger partial charge in [0, 0.05) is 12.2 Å². The number of pyridine rings is 1. The zero-order valence-corrected chi connectivity index (χ0v) is 12.3. The molecule has 3 rings (SSSR count). The van der Waals surface area contributed by atoms with E-state index in [-0.39, 0.29) is 0 Å². The van der Waals surface area contributed by atoms with E-state index in [9.17, 15) is 0 Å². The van der Waals surface area contributed by atoms with Crippen LogP contribution in [0.4, 0.5) is 0 Å². The molecule has 0 atom stereocenters. The molecule has 2 aromatic heterocycles. The Labute approximate surface area is 120 Å². The zero-order chi connectivity index (χ0) is 13.8. The Bertz CT molecular complexity index is 540. The molecule has 0 saturated heterocycles. The zero-order valence-electron chi connectivity index (χ0n) is 12.3. The van der Waals surface area contributed by atoms with Gasteiger partial charge >= 0.3 is 0 Å². The predicted molar refractivity (Wildman–Crippen MR) is 80.5 cm³/mol. The summed E-state index contributed by atoms with van der Waals surface area (Å²) in [6.45, 7) is 3.11. The third kappa shape index (κ3) is 3.01. The summed E-state index contributed by atoms with van der Waals surface area (Å²) < 4.78 is 2.07. The van der Waals surface area contributed by atoms with Gasteiger partial charge in [-0.25, -0.2) is 0 Å². The van der Waals surface area contributed by atoms with Gasteiger partial charge in [0.25, 0.3) is 0 Å². The second kappa shape index (κ2) is 6.35. The van der Waals surface area contributed by atoms with Crippen molar-refractivity contribution < 1.29 is 0 Å². The highest BCUT2D eigenvalue weighted by Gasteiger charge is 2.20. The molecule has 4 heteroatoms. The van der Waals surface area contributed by atoms with Gasteiger partial charge in [-0.2, -0.15) is 0 Å². The maximum absolute atomic E-state index is 4.27. The van der Waals surface area contributed by atoms with Crippen LogP contribution in [0.2, 0.25) is 0 Å². The molecule has 1 fully saturated rings. The first-order chi connectivity index (χ1) is 9.86.